The van der Waals surface area contributed by atoms with Crippen LogP contribution >= 0.6 is 11.6 Å². The zero-order valence-electron chi connectivity index (χ0n) is 13.0. The lowest BCUT2D eigenvalue weighted by atomic mass is 10.1. The maximum atomic E-state index is 13.1. The largest absolute Gasteiger partial charge is 0.243 e. The Balaban J connectivity index is 2.50. The zero-order chi connectivity index (χ0) is 15.6. The molecule has 1 aromatic carbocycles. The molecule has 1 fully saturated rings. The SMILES string of the molecule is Cc1cc(CCl)cc(S(=O)(=O)N2CCCCCC2C)c1C. The van der Waals surface area contributed by atoms with Gasteiger partial charge in [-0.2, -0.15) is 4.31 Å². The number of benzene rings is 1. The molecule has 0 N–H and O–H groups in total. The Morgan fingerprint density at radius 2 is 1.95 bits per heavy atom. The molecule has 118 valence electrons. The third-order valence-electron chi connectivity index (χ3n) is 4.41. The van der Waals surface area contributed by atoms with Crippen molar-refractivity contribution in [1.82, 2.24) is 4.31 Å². The fourth-order valence-electron chi connectivity index (χ4n) is 2.98. The molecule has 0 bridgehead atoms. The van der Waals surface area contributed by atoms with Crippen molar-refractivity contribution in [2.24, 2.45) is 0 Å². The molecule has 1 heterocycles. The van der Waals surface area contributed by atoms with Crippen LogP contribution in [0.1, 0.15) is 49.3 Å². The molecule has 1 saturated heterocycles. The summed E-state index contributed by atoms with van der Waals surface area (Å²) in [6.45, 7) is 6.45. The van der Waals surface area contributed by atoms with E-state index >= 15 is 0 Å². The van der Waals surface area contributed by atoms with Crippen LogP contribution in [0.25, 0.3) is 0 Å². The van der Waals surface area contributed by atoms with E-state index in [-0.39, 0.29) is 6.04 Å². The van der Waals surface area contributed by atoms with Crippen molar-refractivity contribution in [3.63, 3.8) is 0 Å². The molecule has 0 radical (unpaired) electrons. The fraction of sp³-hybridized carbons (Fsp3) is 0.625. The average Bonchev–Trinajstić information content (AvgIpc) is 2.66. The Hall–Kier alpha value is -0.580. The van der Waals surface area contributed by atoms with Gasteiger partial charge in [0.15, 0.2) is 0 Å². The van der Waals surface area contributed by atoms with Gasteiger partial charge in [0.1, 0.15) is 0 Å². The minimum Gasteiger partial charge on any atom is -0.207 e. The molecule has 1 aliphatic heterocycles. The lowest BCUT2D eigenvalue weighted by Gasteiger charge is -2.27. The molecule has 21 heavy (non-hydrogen) atoms. The Kier molecular flexibility index (Phi) is 5.33. The van der Waals surface area contributed by atoms with Crippen LogP contribution in [0.3, 0.4) is 0 Å². The topological polar surface area (TPSA) is 37.4 Å². The molecule has 0 spiro atoms. The Labute approximate surface area is 133 Å². The number of rotatable bonds is 3. The average molecular weight is 330 g/mol. The first-order valence-corrected chi connectivity index (χ1v) is 9.53. The molecule has 0 aromatic heterocycles. The van der Waals surface area contributed by atoms with E-state index < -0.39 is 10.0 Å². The molecule has 1 aliphatic rings. The maximum Gasteiger partial charge on any atom is 0.243 e. The summed E-state index contributed by atoms with van der Waals surface area (Å²) < 4.78 is 27.8. The van der Waals surface area contributed by atoms with Crippen LogP contribution in [0.5, 0.6) is 0 Å². The van der Waals surface area contributed by atoms with Gasteiger partial charge in [0, 0.05) is 18.5 Å². The van der Waals surface area contributed by atoms with E-state index in [0.717, 1.165) is 42.4 Å². The Morgan fingerprint density at radius 3 is 2.62 bits per heavy atom. The van der Waals surface area contributed by atoms with Crippen LogP contribution in [0, 0.1) is 13.8 Å². The third kappa shape index (κ3) is 3.43. The van der Waals surface area contributed by atoms with Crippen molar-refractivity contribution >= 4 is 21.6 Å². The van der Waals surface area contributed by atoms with Crippen molar-refractivity contribution in [3.8, 4) is 0 Å². The second-order valence-corrected chi connectivity index (χ2v) is 8.11. The second-order valence-electron chi connectivity index (χ2n) is 5.98. The van der Waals surface area contributed by atoms with Gasteiger partial charge in [-0.1, -0.05) is 18.9 Å². The molecule has 0 aliphatic carbocycles. The first kappa shape index (κ1) is 16.8. The van der Waals surface area contributed by atoms with Crippen LogP contribution < -0.4 is 0 Å². The molecule has 3 nitrogen and oxygen atoms in total. The van der Waals surface area contributed by atoms with Gasteiger partial charge in [0.05, 0.1) is 4.90 Å². The highest BCUT2D eigenvalue weighted by Crippen LogP contribution is 2.29. The number of hydrogen-bond donors (Lipinski definition) is 0. The second kappa shape index (κ2) is 6.67. The summed E-state index contributed by atoms with van der Waals surface area (Å²) in [5, 5.41) is 0. The van der Waals surface area contributed by atoms with Crippen molar-refractivity contribution in [1.29, 1.82) is 0 Å². The van der Waals surface area contributed by atoms with Gasteiger partial charge in [-0.15, -0.1) is 11.6 Å². The molecular weight excluding hydrogens is 306 g/mol. The summed E-state index contributed by atoms with van der Waals surface area (Å²) in [6, 6.07) is 3.77. The first-order chi connectivity index (χ1) is 9.87. The number of aryl methyl sites for hydroxylation is 1. The molecule has 1 unspecified atom stereocenters. The highest BCUT2D eigenvalue weighted by Gasteiger charge is 2.31. The molecule has 1 aromatic rings. The standard InChI is InChI=1S/C16H24ClNO2S/c1-12-9-15(11-17)10-16(14(12)3)21(19,20)18-8-6-4-5-7-13(18)2/h9-10,13H,4-8,11H2,1-3H3. The van der Waals surface area contributed by atoms with E-state index in [1.54, 1.807) is 10.4 Å². The van der Waals surface area contributed by atoms with E-state index in [1.807, 2.05) is 26.8 Å². The molecular formula is C16H24ClNO2S. The number of nitrogens with zero attached hydrogens (tertiary/aromatic N) is 1. The van der Waals surface area contributed by atoms with Gasteiger partial charge >= 0.3 is 0 Å². The molecule has 2 rings (SSSR count). The van der Waals surface area contributed by atoms with Gasteiger partial charge in [-0.3, -0.25) is 0 Å². The smallest absolute Gasteiger partial charge is 0.207 e. The number of halogens is 1. The van der Waals surface area contributed by atoms with Crippen LogP contribution in [0.2, 0.25) is 0 Å². The number of hydrogen-bond acceptors (Lipinski definition) is 2. The molecule has 0 amide bonds. The minimum absolute atomic E-state index is 0.0665. The minimum atomic E-state index is -3.45. The third-order valence-corrected chi connectivity index (χ3v) is 6.86. The van der Waals surface area contributed by atoms with Crippen LogP contribution in [-0.4, -0.2) is 25.3 Å². The fourth-order valence-corrected chi connectivity index (χ4v) is 5.18. The van der Waals surface area contributed by atoms with E-state index in [0.29, 0.717) is 17.3 Å². The van der Waals surface area contributed by atoms with E-state index in [1.165, 1.54) is 0 Å². The Morgan fingerprint density at radius 1 is 1.24 bits per heavy atom. The van der Waals surface area contributed by atoms with Crippen LogP contribution in [0.15, 0.2) is 17.0 Å². The first-order valence-electron chi connectivity index (χ1n) is 7.56. The predicted octanol–water partition coefficient (Wildman–Crippen LogP) is 4.00. The summed E-state index contributed by atoms with van der Waals surface area (Å²) in [6.07, 6.45) is 4.09. The van der Waals surface area contributed by atoms with Crippen molar-refractivity contribution < 1.29 is 8.42 Å². The normalized spacial score (nSPS) is 21.2. The van der Waals surface area contributed by atoms with E-state index in [4.69, 9.17) is 11.6 Å². The van der Waals surface area contributed by atoms with E-state index in [2.05, 4.69) is 0 Å². The van der Waals surface area contributed by atoms with Crippen LogP contribution in [0.4, 0.5) is 0 Å². The predicted molar refractivity (Wildman–Crippen MR) is 87.3 cm³/mol. The molecule has 1 atom stereocenters. The van der Waals surface area contributed by atoms with Crippen molar-refractivity contribution in [2.45, 2.75) is 63.3 Å². The van der Waals surface area contributed by atoms with Gasteiger partial charge < -0.3 is 0 Å². The summed E-state index contributed by atoms with van der Waals surface area (Å²) >= 11 is 5.91. The van der Waals surface area contributed by atoms with Crippen molar-refractivity contribution in [3.05, 3.63) is 28.8 Å². The summed E-state index contributed by atoms with van der Waals surface area (Å²) in [7, 11) is -3.45. The van der Waals surface area contributed by atoms with Gasteiger partial charge in [0.2, 0.25) is 10.0 Å². The lowest BCUT2D eigenvalue weighted by molar-refractivity contribution is 0.342. The van der Waals surface area contributed by atoms with Crippen LogP contribution in [-0.2, 0) is 15.9 Å². The maximum absolute atomic E-state index is 13.1. The van der Waals surface area contributed by atoms with Gasteiger partial charge in [0.25, 0.3) is 0 Å². The van der Waals surface area contributed by atoms with Gasteiger partial charge in [-0.25, -0.2) is 8.42 Å². The number of sulfonamides is 1. The summed E-state index contributed by atoms with van der Waals surface area (Å²) in [5.74, 6) is 0.333. The Bertz CT molecular complexity index is 613. The van der Waals surface area contributed by atoms with Crippen molar-refractivity contribution in [2.75, 3.05) is 6.54 Å². The summed E-state index contributed by atoms with van der Waals surface area (Å²) in [5.41, 5.74) is 2.68. The quantitative estimate of drug-likeness (QED) is 0.786. The zero-order valence-corrected chi connectivity index (χ0v) is 14.6. The molecule has 0 saturated carbocycles. The monoisotopic (exact) mass is 329 g/mol. The van der Waals surface area contributed by atoms with E-state index in [9.17, 15) is 8.42 Å². The number of alkyl halides is 1. The highest BCUT2D eigenvalue weighted by atomic mass is 35.5. The summed E-state index contributed by atoms with van der Waals surface area (Å²) in [4.78, 5) is 0.423. The van der Waals surface area contributed by atoms with Gasteiger partial charge in [-0.05, 0) is 56.4 Å². The highest BCUT2D eigenvalue weighted by molar-refractivity contribution is 7.89. The lowest BCUT2D eigenvalue weighted by Crippen LogP contribution is -2.38. The molecule has 5 heteroatoms.